The van der Waals surface area contributed by atoms with E-state index in [4.69, 9.17) is 14.2 Å². The molecular formula is C20H25N3O3. The summed E-state index contributed by atoms with van der Waals surface area (Å²) in [5, 5.41) is 0. The monoisotopic (exact) mass is 355 g/mol. The van der Waals surface area contributed by atoms with Gasteiger partial charge in [-0.1, -0.05) is 0 Å². The molecule has 1 saturated heterocycles. The Hall–Kier alpha value is -2.34. The third kappa shape index (κ3) is 3.60. The molecule has 0 unspecified atom stereocenters. The summed E-state index contributed by atoms with van der Waals surface area (Å²) in [7, 11) is 0. The van der Waals surface area contributed by atoms with E-state index >= 15 is 0 Å². The fraction of sp³-hybridized carbons (Fsp3) is 0.500. The van der Waals surface area contributed by atoms with E-state index in [9.17, 15) is 0 Å². The second-order valence-electron chi connectivity index (χ2n) is 7.02. The number of rotatable bonds is 4. The minimum Gasteiger partial charge on any atom is -0.489 e. The number of aryl methyl sites for hydroxylation is 2. The zero-order valence-corrected chi connectivity index (χ0v) is 15.6. The van der Waals surface area contributed by atoms with Crippen LogP contribution < -0.4 is 14.2 Å². The molecule has 2 aromatic rings. The van der Waals surface area contributed by atoms with Crippen molar-refractivity contribution in [1.82, 2.24) is 14.9 Å². The molecule has 4 heterocycles. The van der Waals surface area contributed by atoms with E-state index in [-0.39, 0.29) is 12.1 Å². The van der Waals surface area contributed by atoms with E-state index in [0.29, 0.717) is 19.1 Å². The van der Waals surface area contributed by atoms with Crippen LogP contribution >= 0.6 is 0 Å². The maximum Gasteiger partial charge on any atom is 0.257 e. The van der Waals surface area contributed by atoms with Gasteiger partial charge in [-0.05, 0) is 39.3 Å². The van der Waals surface area contributed by atoms with Crippen molar-refractivity contribution < 1.29 is 14.2 Å². The number of pyridine rings is 2. The number of ether oxygens (including phenoxy) is 3. The molecule has 0 N–H and O–H groups in total. The number of likely N-dealkylation sites (tertiary alicyclic amines) is 1. The van der Waals surface area contributed by atoms with Crippen molar-refractivity contribution in [2.45, 2.75) is 39.3 Å². The standard InChI is InChI=1S/C20H25N3O3/c1-13-10-17(11-14(2)21-13)26-16-6-7-23(12-16)15(3)18-4-5-19-20(22-18)25-9-8-24-19/h4-5,10-11,15-16H,6-9,12H2,1-3H3/t15-,16-/m1/s1. The molecule has 1 fully saturated rings. The van der Waals surface area contributed by atoms with Crippen molar-refractivity contribution in [2.75, 3.05) is 26.3 Å². The highest BCUT2D eigenvalue weighted by Gasteiger charge is 2.29. The summed E-state index contributed by atoms with van der Waals surface area (Å²) in [6.45, 7) is 9.20. The highest BCUT2D eigenvalue weighted by atomic mass is 16.6. The van der Waals surface area contributed by atoms with Crippen LogP contribution in [0.25, 0.3) is 0 Å². The third-order valence-corrected chi connectivity index (χ3v) is 4.94. The van der Waals surface area contributed by atoms with Crippen LogP contribution in [0, 0.1) is 13.8 Å². The van der Waals surface area contributed by atoms with Crippen molar-refractivity contribution >= 4 is 0 Å². The van der Waals surface area contributed by atoms with Gasteiger partial charge in [0, 0.05) is 42.7 Å². The van der Waals surface area contributed by atoms with Gasteiger partial charge in [-0.15, -0.1) is 0 Å². The Kier molecular flexibility index (Phi) is 4.68. The summed E-state index contributed by atoms with van der Waals surface area (Å²) in [6, 6.07) is 8.20. The molecule has 0 radical (unpaired) electrons. The first-order valence-electron chi connectivity index (χ1n) is 9.21. The Labute approximate surface area is 154 Å². The van der Waals surface area contributed by atoms with Gasteiger partial charge in [-0.25, -0.2) is 4.98 Å². The molecule has 6 nitrogen and oxygen atoms in total. The number of hydrogen-bond donors (Lipinski definition) is 0. The van der Waals surface area contributed by atoms with Crippen molar-refractivity contribution in [3.8, 4) is 17.4 Å². The van der Waals surface area contributed by atoms with Gasteiger partial charge >= 0.3 is 0 Å². The van der Waals surface area contributed by atoms with Gasteiger partial charge in [0.25, 0.3) is 5.88 Å². The molecule has 4 rings (SSSR count). The van der Waals surface area contributed by atoms with E-state index < -0.39 is 0 Å². The number of nitrogens with zero attached hydrogens (tertiary/aromatic N) is 3. The first-order valence-corrected chi connectivity index (χ1v) is 9.21. The number of fused-ring (bicyclic) bond motifs is 1. The lowest BCUT2D eigenvalue weighted by molar-refractivity contribution is 0.160. The quantitative estimate of drug-likeness (QED) is 0.840. The Morgan fingerprint density at radius 2 is 1.88 bits per heavy atom. The fourth-order valence-electron chi connectivity index (χ4n) is 3.62. The van der Waals surface area contributed by atoms with Crippen LogP contribution in [0.4, 0.5) is 0 Å². The van der Waals surface area contributed by atoms with Crippen LogP contribution in [0.5, 0.6) is 17.4 Å². The van der Waals surface area contributed by atoms with Crippen LogP contribution in [-0.4, -0.2) is 47.3 Å². The molecule has 2 aromatic heterocycles. The van der Waals surface area contributed by atoms with Gasteiger partial charge in [0.1, 0.15) is 25.1 Å². The summed E-state index contributed by atoms with van der Waals surface area (Å²) in [5.74, 6) is 2.25. The first kappa shape index (κ1) is 17.1. The predicted molar refractivity (Wildman–Crippen MR) is 98.0 cm³/mol. The summed E-state index contributed by atoms with van der Waals surface area (Å²) >= 11 is 0. The van der Waals surface area contributed by atoms with Crippen molar-refractivity contribution in [2.24, 2.45) is 0 Å². The molecule has 0 spiro atoms. The van der Waals surface area contributed by atoms with Crippen LogP contribution in [0.15, 0.2) is 24.3 Å². The maximum atomic E-state index is 6.20. The minimum absolute atomic E-state index is 0.191. The van der Waals surface area contributed by atoms with Crippen molar-refractivity contribution in [1.29, 1.82) is 0 Å². The highest BCUT2D eigenvalue weighted by molar-refractivity contribution is 5.36. The fourth-order valence-corrected chi connectivity index (χ4v) is 3.62. The van der Waals surface area contributed by atoms with Gasteiger partial charge in [0.05, 0.1) is 5.69 Å². The maximum absolute atomic E-state index is 6.20. The topological polar surface area (TPSA) is 56.7 Å². The predicted octanol–water partition coefficient (Wildman–Crippen LogP) is 3.08. The molecule has 0 aliphatic carbocycles. The molecule has 2 atom stereocenters. The summed E-state index contributed by atoms with van der Waals surface area (Å²) in [6.07, 6.45) is 1.20. The molecular weight excluding hydrogens is 330 g/mol. The average molecular weight is 355 g/mol. The van der Waals surface area contributed by atoms with E-state index in [1.165, 1.54) is 0 Å². The molecule has 0 saturated carbocycles. The lowest BCUT2D eigenvalue weighted by Gasteiger charge is -2.25. The van der Waals surface area contributed by atoms with E-state index in [2.05, 4.69) is 21.8 Å². The van der Waals surface area contributed by atoms with E-state index in [1.54, 1.807) is 0 Å². The van der Waals surface area contributed by atoms with Gasteiger partial charge in [0.2, 0.25) is 0 Å². The summed E-state index contributed by atoms with van der Waals surface area (Å²) in [5.41, 5.74) is 2.98. The molecule has 6 heteroatoms. The van der Waals surface area contributed by atoms with Crippen LogP contribution in [0.2, 0.25) is 0 Å². The van der Waals surface area contributed by atoms with Crippen LogP contribution in [-0.2, 0) is 0 Å². The van der Waals surface area contributed by atoms with E-state index in [0.717, 1.165) is 48.1 Å². The van der Waals surface area contributed by atoms with Gasteiger partial charge in [-0.3, -0.25) is 9.88 Å². The molecule has 0 bridgehead atoms. The molecule has 2 aliphatic rings. The lowest BCUT2D eigenvalue weighted by Crippen LogP contribution is -2.28. The lowest BCUT2D eigenvalue weighted by atomic mass is 10.2. The van der Waals surface area contributed by atoms with Crippen molar-refractivity contribution in [3.63, 3.8) is 0 Å². The molecule has 26 heavy (non-hydrogen) atoms. The Bertz CT molecular complexity index is 776. The smallest absolute Gasteiger partial charge is 0.257 e. The Morgan fingerprint density at radius 1 is 1.12 bits per heavy atom. The third-order valence-electron chi connectivity index (χ3n) is 4.94. The van der Waals surface area contributed by atoms with Crippen LogP contribution in [0.3, 0.4) is 0 Å². The summed E-state index contributed by atoms with van der Waals surface area (Å²) in [4.78, 5) is 11.5. The van der Waals surface area contributed by atoms with Crippen molar-refractivity contribution in [3.05, 3.63) is 41.3 Å². The zero-order valence-electron chi connectivity index (χ0n) is 15.6. The van der Waals surface area contributed by atoms with Gasteiger partial charge in [-0.2, -0.15) is 0 Å². The number of hydrogen-bond acceptors (Lipinski definition) is 6. The largest absolute Gasteiger partial charge is 0.489 e. The Balaban J connectivity index is 1.41. The number of aromatic nitrogens is 2. The first-order chi connectivity index (χ1) is 12.6. The summed E-state index contributed by atoms with van der Waals surface area (Å²) < 4.78 is 17.4. The van der Waals surface area contributed by atoms with Gasteiger partial charge < -0.3 is 14.2 Å². The molecule has 0 aromatic carbocycles. The second kappa shape index (κ2) is 7.11. The zero-order chi connectivity index (χ0) is 18.1. The SMILES string of the molecule is Cc1cc(O[C@@H]2CCN([C@H](C)c3ccc4c(n3)OCCO4)C2)cc(C)n1. The molecule has 0 amide bonds. The normalized spacial score (nSPS) is 20.8. The molecule has 2 aliphatic heterocycles. The minimum atomic E-state index is 0.191. The van der Waals surface area contributed by atoms with Gasteiger partial charge in [0.15, 0.2) is 5.75 Å². The Morgan fingerprint density at radius 3 is 2.69 bits per heavy atom. The molecule has 138 valence electrons. The van der Waals surface area contributed by atoms with Crippen LogP contribution in [0.1, 0.15) is 36.5 Å². The van der Waals surface area contributed by atoms with E-state index in [1.807, 2.05) is 38.1 Å². The second-order valence-corrected chi connectivity index (χ2v) is 7.02. The highest BCUT2D eigenvalue weighted by Crippen LogP contribution is 2.32. The average Bonchev–Trinajstić information content (AvgIpc) is 3.08.